The van der Waals surface area contributed by atoms with Crippen LogP contribution in [0.3, 0.4) is 0 Å². The van der Waals surface area contributed by atoms with Crippen molar-refractivity contribution in [3.05, 3.63) is 0 Å². The zero-order chi connectivity index (χ0) is 12.5. The van der Waals surface area contributed by atoms with E-state index in [1.807, 2.05) is 0 Å². The molecule has 0 spiro atoms. The molecule has 1 aliphatic rings. The van der Waals surface area contributed by atoms with Crippen molar-refractivity contribution in [3.63, 3.8) is 0 Å². The van der Waals surface area contributed by atoms with E-state index in [2.05, 4.69) is 12.2 Å². The number of hydrogen-bond donors (Lipinski definition) is 2. The topological polar surface area (TPSA) is 64.3 Å². The molecule has 1 rings (SSSR count). The SMILES string of the molecule is CCCCCOCC(=O)NC1CCC(N)CC1. The Kier molecular flexibility index (Phi) is 7.21. The summed E-state index contributed by atoms with van der Waals surface area (Å²) in [5, 5.41) is 3.01. The van der Waals surface area contributed by atoms with Gasteiger partial charge in [-0.05, 0) is 32.1 Å². The minimum Gasteiger partial charge on any atom is -0.372 e. The van der Waals surface area contributed by atoms with Crippen LogP contribution in [-0.4, -0.2) is 31.2 Å². The van der Waals surface area contributed by atoms with E-state index in [0.717, 1.165) is 32.1 Å². The molecule has 0 aromatic heterocycles. The summed E-state index contributed by atoms with van der Waals surface area (Å²) < 4.78 is 5.32. The maximum atomic E-state index is 11.6. The highest BCUT2D eigenvalue weighted by Crippen LogP contribution is 2.16. The van der Waals surface area contributed by atoms with Crippen LogP contribution in [0.5, 0.6) is 0 Å². The van der Waals surface area contributed by atoms with E-state index in [1.165, 1.54) is 12.8 Å². The van der Waals surface area contributed by atoms with Gasteiger partial charge in [0.05, 0.1) is 0 Å². The highest BCUT2D eigenvalue weighted by molar-refractivity contribution is 5.77. The molecule has 1 fully saturated rings. The van der Waals surface area contributed by atoms with Crippen molar-refractivity contribution in [2.24, 2.45) is 5.73 Å². The monoisotopic (exact) mass is 242 g/mol. The van der Waals surface area contributed by atoms with Crippen molar-refractivity contribution < 1.29 is 9.53 Å². The standard InChI is InChI=1S/C13H26N2O2/c1-2-3-4-9-17-10-13(16)15-12-7-5-11(14)6-8-12/h11-12H,2-10,14H2,1H3,(H,15,16). The number of hydrogen-bond acceptors (Lipinski definition) is 3. The lowest BCUT2D eigenvalue weighted by molar-refractivity contribution is -0.126. The molecule has 0 radical (unpaired) electrons. The predicted molar refractivity (Wildman–Crippen MR) is 68.7 cm³/mol. The van der Waals surface area contributed by atoms with Crippen molar-refractivity contribution in [3.8, 4) is 0 Å². The third-order valence-corrected chi connectivity index (χ3v) is 3.26. The van der Waals surface area contributed by atoms with E-state index in [4.69, 9.17) is 10.5 Å². The van der Waals surface area contributed by atoms with Gasteiger partial charge in [-0.25, -0.2) is 0 Å². The summed E-state index contributed by atoms with van der Waals surface area (Å²) in [5.41, 5.74) is 5.82. The van der Waals surface area contributed by atoms with Crippen molar-refractivity contribution in [2.45, 2.75) is 64.0 Å². The van der Waals surface area contributed by atoms with E-state index in [0.29, 0.717) is 18.7 Å². The van der Waals surface area contributed by atoms with E-state index >= 15 is 0 Å². The first-order valence-electron chi connectivity index (χ1n) is 6.85. The molecule has 1 amide bonds. The Morgan fingerprint density at radius 3 is 2.65 bits per heavy atom. The number of nitrogens with one attached hydrogen (secondary N) is 1. The van der Waals surface area contributed by atoms with Crippen LogP contribution >= 0.6 is 0 Å². The molecule has 0 atom stereocenters. The number of nitrogens with two attached hydrogens (primary N) is 1. The Balaban J connectivity index is 2.00. The quantitative estimate of drug-likeness (QED) is 0.666. The summed E-state index contributed by atoms with van der Waals surface area (Å²) in [7, 11) is 0. The van der Waals surface area contributed by atoms with Crippen molar-refractivity contribution in [1.29, 1.82) is 0 Å². The van der Waals surface area contributed by atoms with E-state index in [1.54, 1.807) is 0 Å². The Bertz CT molecular complexity index is 213. The van der Waals surface area contributed by atoms with Gasteiger partial charge in [-0.15, -0.1) is 0 Å². The number of rotatable bonds is 7. The number of unbranched alkanes of at least 4 members (excludes halogenated alkanes) is 2. The Morgan fingerprint density at radius 2 is 2.00 bits per heavy atom. The lowest BCUT2D eigenvalue weighted by Gasteiger charge is -2.26. The number of amides is 1. The number of carbonyl (C=O) groups excluding carboxylic acids is 1. The second kappa shape index (κ2) is 8.48. The van der Waals surface area contributed by atoms with Gasteiger partial charge in [0.2, 0.25) is 5.91 Å². The smallest absolute Gasteiger partial charge is 0.246 e. The fraction of sp³-hybridized carbons (Fsp3) is 0.923. The maximum absolute atomic E-state index is 11.6. The number of carbonyl (C=O) groups is 1. The van der Waals surface area contributed by atoms with Gasteiger partial charge in [-0.1, -0.05) is 19.8 Å². The summed E-state index contributed by atoms with van der Waals surface area (Å²) in [6.45, 7) is 3.05. The molecule has 1 aliphatic carbocycles. The third-order valence-electron chi connectivity index (χ3n) is 3.26. The van der Waals surface area contributed by atoms with E-state index in [9.17, 15) is 4.79 Å². The Labute approximate surface area is 104 Å². The Morgan fingerprint density at radius 1 is 1.29 bits per heavy atom. The molecule has 4 nitrogen and oxygen atoms in total. The van der Waals surface area contributed by atoms with Gasteiger partial charge < -0.3 is 15.8 Å². The molecular weight excluding hydrogens is 216 g/mol. The lowest BCUT2D eigenvalue weighted by atomic mass is 9.92. The van der Waals surface area contributed by atoms with Gasteiger partial charge >= 0.3 is 0 Å². The second-order valence-electron chi connectivity index (χ2n) is 4.94. The minimum atomic E-state index is 0.0157. The fourth-order valence-electron chi connectivity index (χ4n) is 2.15. The van der Waals surface area contributed by atoms with Gasteiger partial charge in [0.1, 0.15) is 6.61 Å². The van der Waals surface area contributed by atoms with Gasteiger partial charge in [-0.2, -0.15) is 0 Å². The Hall–Kier alpha value is -0.610. The lowest BCUT2D eigenvalue weighted by Crippen LogP contribution is -2.41. The van der Waals surface area contributed by atoms with Crippen LogP contribution in [0.2, 0.25) is 0 Å². The number of ether oxygens (including phenoxy) is 1. The van der Waals surface area contributed by atoms with Crippen LogP contribution in [-0.2, 0) is 9.53 Å². The largest absolute Gasteiger partial charge is 0.372 e. The molecule has 4 heteroatoms. The minimum absolute atomic E-state index is 0.0157. The molecule has 0 saturated heterocycles. The van der Waals surface area contributed by atoms with Crippen LogP contribution in [0.1, 0.15) is 51.9 Å². The highest BCUT2D eigenvalue weighted by atomic mass is 16.5. The first-order valence-corrected chi connectivity index (χ1v) is 6.85. The van der Waals surface area contributed by atoms with Crippen LogP contribution in [0.15, 0.2) is 0 Å². The van der Waals surface area contributed by atoms with Gasteiger partial charge in [0, 0.05) is 18.7 Å². The molecular formula is C13H26N2O2. The van der Waals surface area contributed by atoms with E-state index < -0.39 is 0 Å². The summed E-state index contributed by atoms with van der Waals surface area (Å²) >= 11 is 0. The zero-order valence-corrected chi connectivity index (χ0v) is 10.9. The molecule has 0 unspecified atom stereocenters. The van der Waals surface area contributed by atoms with E-state index in [-0.39, 0.29) is 12.5 Å². The molecule has 0 aromatic rings. The van der Waals surface area contributed by atoms with Crippen LogP contribution < -0.4 is 11.1 Å². The van der Waals surface area contributed by atoms with Crippen molar-refractivity contribution in [2.75, 3.05) is 13.2 Å². The van der Waals surface area contributed by atoms with Crippen LogP contribution in [0.4, 0.5) is 0 Å². The highest BCUT2D eigenvalue weighted by Gasteiger charge is 2.19. The molecule has 0 aliphatic heterocycles. The fourth-order valence-corrected chi connectivity index (χ4v) is 2.15. The van der Waals surface area contributed by atoms with Gasteiger partial charge in [0.25, 0.3) is 0 Å². The van der Waals surface area contributed by atoms with Crippen LogP contribution in [0.25, 0.3) is 0 Å². The van der Waals surface area contributed by atoms with Gasteiger partial charge in [-0.3, -0.25) is 4.79 Å². The van der Waals surface area contributed by atoms with Crippen molar-refractivity contribution in [1.82, 2.24) is 5.32 Å². The summed E-state index contributed by atoms with van der Waals surface area (Å²) in [4.78, 5) is 11.6. The van der Waals surface area contributed by atoms with Crippen LogP contribution in [0, 0.1) is 0 Å². The molecule has 0 aromatic carbocycles. The maximum Gasteiger partial charge on any atom is 0.246 e. The first-order chi connectivity index (χ1) is 8.22. The van der Waals surface area contributed by atoms with Gasteiger partial charge in [0.15, 0.2) is 0 Å². The molecule has 0 heterocycles. The molecule has 0 bridgehead atoms. The summed E-state index contributed by atoms with van der Waals surface area (Å²) in [6.07, 6.45) is 7.43. The molecule has 1 saturated carbocycles. The second-order valence-corrected chi connectivity index (χ2v) is 4.94. The molecule has 17 heavy (non-hydrogen) atoms. The first kappa shape index (κ1) is 14.5. The average molecular weight is 242 g/mol. The molecule has 3 N–H and O–H groups in total. The van der Waals surface area contributed by atoms with Crippen molar-refractivity contribution >= 4 is 5.91 Å². The summed E-state index contributed by atoms with van der Waals surface area (Å²) in [6, 6.07) is 0.634. The summed E-state index contributed by atoms with van der Waals surface area (Å²) in [5.74, 6) is 0.0157. The third kappa shape index (κ3) is 6.64. The average Bonchev–Trinajstić information content (AvgIpc) is 2.32. The molecule has 100 valence electrons. The zero-order valence-electron chi connectivity index (χ0n) is 10.9. The normalized spacial score (nSPS) is 24.6. The predicted octanol–water partition coefficient (Wildman–Crippen LogP) is 1.58.